The Morgan fingerprint density at radius 2 is 1.90 bits per heavy atom. The van der Waals surface area contributed by atoms with E-state index in [4.69, 9.17) is 4.74 Å². The summed E-state index contributed by atoms with van der Waals surface area (Å²) in [5.41, 5.74) is 5.28. The maximum absolute atomic E-state index is 15.9. The minimum absolute atomic E-state index is 0.0380. The highest BCUT2D eigenvalue weighted by molar-refractivity contribution is 7.13. The van der Waals surface area contributed by atoms with Crippen molar-refractivity contribution in [2.45, 2.75) is 90.4 Å². The number of likely N-dealkylation sites (tertiary alicyclic amines) is 1. The second kappa shape index (κ2) is 13.0. The van der Waals surface area contributed by atoms with Gasteiger partial charge in [0.05, 0.1) is 18.6 Å². The fourth-order valence-corrected chi connectivity index (χ4v) is 7.89. The molecule has 12 heteroatoms. The zero-order valence-corrected chi connectivity index (χ0v) is 29.1. The van der Waals surface area contributed by atoms with Crippen molar-refractivity contribution in [2.24, 2.45) is 0 Å². The van der Waals surface area contributed by atoms with E-state index in [2.05, 4.69) is 34.3 Å². The van der Waals surface area contributed by atoms with Crippen molar-refractivity contribution in [3.8, 4) is 11.1 Å². The van der Waals surface area contributed by atoms with Crippen molar-refractivity contribution in [3.63, 3.8) is 0 Å². The number of rotatable bonds is 7. The van der Waals surface area contributed by atoms with Gasteiger partial charge in [-0.1, -0.05) is 25.1 Å². The summed E-state index contributed by atoms with van der Waals surface area (Å²) < 4.78 is 23.5. The van der Waals surface area contributed by atoms with E-state index in [9.17, 15) is 14.4 Å². The van der Waals surface area contributed by atoms with Crippen LogP contribution >= 0.6 is 11.3 Å². The molecular formula is C37H41FN6O4S. The molecule has 1 atom stereocenters. The van der Waals surface area contributed by atoms with Crippen LogP contribution in [0.25, 0.3) is 11.1 Å². The molecule has 3 amide bonds. The largest absolute Gasteiger partial charge is 0.444 e. The number of carbonyl (C=O) groups excluding carboxylic acids is 3. The third kappa shape index (κ3) is 6.46. The lowest BCUT2D eigenvalue weighted by Gasteiger charge is -2.34. The van der Waals surface area contributed by atoms with Gasteiger partial charge in [-0.3, -0.25) is 14.9 Å². The number of fused-ring (bicyclic) bond motifs is 2. The molecule has 2 aromatic carbocycles. The van der Waals surface area contributed by atoms with Crippen molar-refractivity contribution in [3.05, 3.63) is 87.7 Å². The van der Waals surface area contributed by atoms with E-state index in [1.807, 2.05) is 31.4 Å². The number of imidazole rings is 1. The molecule has 0 aliphatic carbocycles. The summed E-state index contributed by atoms with van der Waals surface area (Å²) in [5, 5.41) is 5.03. The summed E-state index contributed by atoms with van der Waals surface area (Å²) in [6.45, 7) is 9.75. The lowest BCUT2D eigenvalue weighted by molar-refractivity contribution is -0.121. The molecule has 256 valence electrons. The predicted octanol–water partition coefficient (Wildman–Crippen LogP) is 7.10. The molecule has 1 fully saturated rings. The molecule has 0 radical (unpaired) electrons. The highest BCUT2D eigenvalue weighted by Crippen LogP contribution is 2.39. The van der Waals surface area contributed by atoms with E-state index in [1.165, 1.54) is 27.9 Å². The average molecular weight is 685 g/mol. The van der Waals surface area contributed by atoms with Gasteiger partial charge in [-0.15, -0.1) is 11.3 Å². The Morgan fingerprint density at radius 3 is 2.61 bits per heavy atom. The molecule has 4 aromatic rings. The van der Waals surface area contributed by atoms with Gasteiger partial charge in [0.2, 0.25) is 0 Å². The third-order valence-electron chi connectivity index (χ3n) is 9.73. The van der Waals surface area contributed by atoms with Crippen molar-refractivity contribution in [2.75, 3.05) is 18.4 Å². The molecule has 1 saturated heterocycles. The normalized spacial score (nSPS) is 16.9. The number of benzene rings is 2. The minimum atomic E-state index is -1.03. The van der Waals surface area contributed by atoms with Crippen LogP contribution in [0, 0.1) is 5.82 Å². The Labute approximate surface area is 289 Å². The zero-order valence-electron chi connectivity index (χ0n) is 28.3. The van der Waals surface area contributed by atoms with Gasteiger partial charge in [-0.05, 0) is 93.2 Å². The minimum Gasteiger partial charge on any atom is -0.444 e. The molecular weight excluding hydrogens is 644 g/mol. The Bertz CT molecular complexity index is 1910. The van der Waals surface area contributed by atoms with E-state index in [0.29, 0.717) is 35.4 Å². The van der Waals surface area contributed by atoms with E-state index < -0.39 is 29.3 Å². The topological polar surface area (TPSA) is 110 Å². The van der Waals surface area contributed by atoms with E-state index >= 15 is 4.39 Å². The molecule has 7 rings (SSSR count). The van der Waals surface area contributed by atoms with E-state index in [-0.39, 0.29) is 23.8 Å². The Morgan fingerprint density at radius 1 is 1.10 bits per heavy atom. The number of nitrogens with one attached hydrogen (secondary N) is 1. The van der Waals surface area contributed by atoms with Crippen LogP contribution in [0.3, 0.4) is 0 Å². The molecule has 10 nitrogen and oxygen atoms in total. The van der Waals surface area contributed by atoms with Crippen molar-refractivity contribution in [1.29, 1.82) is 0 Å². The lowest BCUT2D eigenvalue weighted by atomic mass is 9.84. The maximum Gasteiger partial charge on any atom is 0.410 e. The number of carbonyl (C=O) groups is 3. The number of amides is 3. The van der Waals surface area contributed by atoms with Crippen LogP contribution < -0.4 is 5.32 Å². The van der Waals surface area contributed by atoms with Crippen LogP contribution in [-0.2, 0) is 35.5 Å². The van der Waals surface area contributed by atoms with Gasteiger partial charge in [0.25, 0.3) is 11.8 Å². The van der Waals surface area contributed by atoms with Gasteiger partial charge in [0.15, 0.2) is 11.2 Å². The summed E-state index contributed by atoms with van der Waals surface area (Å²) in [6.07, 6.45) is 7.19. The third-order valence-corrected chi connectivity index (χ3v) is 10.4. The van der Waals surface area contributed by atoms with Gasteiger partial charge in [-0.2, -0.15) is 0 Å². The molecule has 0 saturated carbocycles. The monoisotopic (exact) mass is 684 g/mol. The van der Waals surface area contributed by atoms with Crippen LogP contribution in [0.4, 0.5) is 14.3 Å². The number of ether oxygens (including phenoxy) is 1. The number of aromatic nitrogens is 3. The zero-order chi connectivity index (χ0) is 34.4. The number of anilines is 1. The molecule has 5 heterocycles. The number of hydrogen-bond donors (Lipinski definition) is 1. The highest BCUT2D eigenvalue weighted by atomic mass is 32.1. The van der Waals surface area contributed by atoms with Gasteiger partial charge in [-0.25, -0.2) is 19.2 Å². The first-order valence-corrected chi connectivity index (χ1v) is 17.9. The number of thiazole rings is 1. The van der Waals surface area contributed by atoms with Crippen LogP contribution in [0.2, 0.25) is 0 Å². The fourth-order valence-electron chi connectivity index (χ4n) is 7.35. The number of nitrogens with zero attached hydrogens (tertiary/aromatic N) is 5. The van der Waals surface area contributed by atoms with Crippen molar-refractivity contribution >= 4 is 34.4 Å². The lowest BCUT2D eigenvalue weighted by Crippen LogP contribution is -2.41. The molecule has 1 N–H and O–H groups in total. The van der Waals surface area contributed by atoms with Gasteiger partial charge < -0.3 is 19.1 Å². The van der Waals surface area contributed by atoms with E-state index in [0.717, 1.165) is 55.5 Å². The Kier molecular flexibility index (Phi) is 8.76. The summed E-state index contributed by atoms with van der Waals surface area (Å²) >= 11 is 1.29. The van der Waals surface area contributed by atoms with Crippen LogP contribution in [0.1, 0.15) is 97.4 Å². The van der Waals surface area contributed by atoms with Crippen LogP contribution in [0.15, 0.2) is 48.2 Å². The van der Waals surface area contributed by atoms with Gasteiger partial charge in [0, 0.05) is 48.0 Å². The molecule has 0 spiro atoms. The SMILES string of the molecule is CCc1cc(-c2cc(F)c3c(c2)C(=O)N(C(C(=O)Nc2nccs2)c2ncn4c2CCC4)C3)ccc1C1CCN(C(=O)OC(C)(C)C)CC1. The molecule has 3 aliphatic rings. The number of hydrogen-bond acceptors (Lipinski definition) is 7. The van der Waals surface area contributed by atoms with Gasteiger partial charge in [0.1, 0.15) is 11.4 Å². The Balaban J connectivity index is 1.14. The van der Waals surface area contributed by atoms with Crippen molar-refractivity contribution < 1.29 is 23.5 Å². The standard InChI is InChI=1S/C37H41FN6O4S/c1-5-22-17-24(8-9-26(22)23-10-14-42(15-11-23)36(47)48-37(2,3)4)25-18-27-28(29(38)19-25)20-44(34(27)46)32(33(45)41-35-39-12-16-49-35)31-30-7-6-13-43(30)21-40-31/h8-9,12,16-19,21,23,32H,5-7,10-11,13-15,20H2,1-4H3,(H,39,41,45). The summed E-state index contributed by atoms with van der Waals surface area (Å²) in [4.78, 5) is 52.5. The second-order valence-electron chi connectivity index (χ2n) is 14.0. The first kappa shape index (κ1) is 32.9. The summed E-state index contributed by atoms with van der Waals surface area (Å²) in [5.74, 6) is -1.01. The number of aryl methyl sites for hydroxylation is 2. The first-order valence-electron chi connectivity index (χ1n) is 17.0. The van der Waals surface area contributed by atoms with E-state index in [1.54, 1.807) is 28.9 Å². The first-order chi connectivity index (χ1) is 23.5. The Hall–Kier alpha value is -4.58. The molecule has 2 aromatic heterocycles. The molecule has 1 unspecified atom stereocenters. The summed E-state index contributed by atoms with van der Waals surface area (Å²) in [7, 11) is 0. The van der Waals surface area contributed by atoms with Gasteiger partial charge >= 0.3 is 6.09 Å². The van der Waals surface area contributed by atoms with Crippen molar-refractivity contribution in [1.82, 2.24) is 24.3 Å². The second-order valence-corrected chi connectivity index (χ2v) is 14.9. The summed E-state index contributed by atoms with van der Waals surface area (Å²) in [6, 6.07) is 8.40. The number of halogens is 1. The number of piperidine rings is 1. The molecule has 49 heavy (non-hydrogen) atoms. The smallest absolute Gasteiger partial charge is 0.410 e. The fraction of sp³-hybridized carbons (Fsp3) is 0.432. The average Bonchev–Trinajstić information content (AvgIpc) is 3.88. The highest BCUT2D eigenvalue weighted by Gasteiger charge is 2.42. The quantitative estimate of drug-likeness (QED) is 0.222. The van der Waals surface area contributed by atoms with Crippen LogP contribution in [0.5, 0.6) is 0 Å². The van der Waals surface area contributed by atoms with Crippen LogP contribution in [-0.4, -0.2) is 60.9 Å². The molecule has 3 aliphatic heterocycles. The predicted molar refractivity (Wildman–Crippen MR) is 185 cm³/mol. The molecule has 0 bridgehead atoms. The maximum atomic E-state index is 15.9.